The van der Waals surface area contributed by atoms with E-state index >= 15 is 0 Å². The Bertz CT molecular complexity index is 150. The molecule has 1 radical (unpaired) electrons. The summed E-state index contributed by atoms with van der Waals surface area (Å²) in [5, 5.41) is 2.72. The summed E-state index contributed by atoms with van der Waals surface area (Å²) >= 11 is 0. The van der Waals surface area contributed by atoms with Gasteiger partial charge in [0.2, 0.25) is 0 Å². The van der Waals surface area contributed by atoms with Crippen LogP contribution in [0, 0.1) is 13.1 Å². The molecule has 0 aliphatic rings. The van der Waals surface area contributed by atoms with Gasteiger partial charge in [0.05, 0.1) is 0 Å². The molecule has 1 aromatic carbocycles. The van der Waals surface area contributed by atoms with Gasteiger partial charge in [-0.1, -0.05) is 0 Å². The minimum atomic E-state index is 0. The molecule has 0 aliphatic carbocycles. The second kappa shape index (κ2) is 4.95. The van der Waals surface area contributed by atoms with Crippen molar-refractivity contribution in [2.24, 2.45) is 0 Å². The van der Waals surface area contributed by atoms with E-state index in [9.17, 15) is 0 Å². The minimum Gasteiger partial charge on any atom is -0.558 e. The molecule has 0 aliphatic heterocycles. The summed E-state index contributed by atoms with van der Waals surface area (Å²) in [4.78, 5) is 0. The van der Waals surface area contributed by atoms with Gasteiger partial charge < -0.3 is 5.32 Å². The van der Waals surface area contributed by atoms with E-state index in [1.807, 2.05) is 24.3 Å². The van der Waals surface area contributed by atoms with Crippen molar-refractivity contribution >= 4 is 5.69 Å². The van der Waals surface area contributed by atoms with Crippen LogP contribution in [0.25, 0.3) is 0 Å². The van der Waals surface area contributed by atoms with E-state index in [4.69, 9.17) is 0 Å². The number of benzene rings is 1. The molecule has 1 N–H and O–H groups in total. The van der Waals surface area contributed by atoms with E-state index < -0.39 is 0 Å². The maximum atomic E-state index is 3.47. The Hall–Kier alpha value is 0.124. The molecule has 0 amide bonds. The molecular formula is C7H7NY-2. The van der Waals surface area contributed by atoms with Crippen LogP contribution in [0.15, 0.2) is 24.3 Å². The molecule has 45 valence electrons. The molecule has 0 saturated carbocycles. The van der Waals surface area contributed by atoms with Crippen LogP contribution < -0.4 is 5.32 Å². The quantitative estimate of drug-likeness (QED) is 0.670. The minimum absolute atomic E-state index is 0. The molecule has 2 heteroatoms. The Labute approximate surface area is 80.7 Å². The Balaban J connectivity index is 0.000000640. The number of hydrogen-bond donors (Lipinski definition) is 1. The van der Waals surface area contributed by atoms with E-state index in [0.29, 0.717) is 0 Å². The van der Waals surface area contributed by atoms with Gasteiger partial charge in [-0.05, 0) is 0 Å². The van der Waals surface area contributed by atoms with Crippen LogP contribution in [0.2, 0.25) is 0 Å². The van der Waals surface area contributed by atoms with Gasteiger partial charge in [-0.3, -0.25) is 7.05 Å². The standard InChI is InChI=1S/C7H7N.Y/c1-8-7-5-3-2-4-6-7;/h2-5,8H,1H2;/q-2;. The molecule has 0 unspecified atom stereocenters. The first kappa shape index (κ1) is 9.12. The maximum absolute atomic E-state index is 3.47. The first-order valence-corrected chi connectivity index (χ1v) is 2.43. The Morgan fingerprint density at radius 3 is 2.56 bits per heavy atom. The number of hydrogen-bond acceptors (Lipinski definition) is 1. The monoisotopic (exact) mass is 194 g/mol. The number of rotatable bonds is 1. The van der Waals surface area contributed by atoms with E-state index in [2.05, 4.69) is 18.4 Å². The second-order valence-electron chi connectivity index (χ2n) is 1.45. The molecule has 1 rings (SSSR count). The zero-order chi connectivity index (χ0) is 5.82. The summed E-state index contributed by atoms with van der Waals surface area (Å²) in [6, 6.07) is 10.5. The molecule has 0 bridgehead atoms. The predicted octanol–water partition coefficient (Wildman–Crippen LogP) is 1.69. The summed E-state index contributed by atoms with van der Waals surface area (Å²) in [6.07, 6.45) is 0. The fraction of sp³-hybridized carbons (Fsp3) is 0. The molecule has 0 spiro atoms. The van der Waals surface area contributed by atoms with E-state index in [0.717, 1.165) is 5.69 Å². The third-order valence-corrected chi connectivity index (χ3v) is 0.900. The molecule has 9 heavy (non-hydrogen) atoms. The third kappa shape index (κ3) is 2.97. The molecule has 1 nitrogen and oxygen atoms in total. The molecule has 0 aromatic heterocycles. The van der Waals surface area contributed by atoms with E-state index in [1.165, 1.54) is 0 Å². The van der Waals surface area contributed by atoms with Crippen molar-refractivity contribution in [1.82, 2.24) is 0 Å². The van der Waals surface area contributed by atoms with Gasteiger partial charge in [-0.25, -0.2) is 0 Å². The van der Waals surface area contributed by atoms with Crippen molar-refractivity contribution in [3.05, 3.63) is 37.4 Å². The average molecular weight is 194 g/mol. The van der Waals surface area contributed by atoms with Crippen molar-refractivity contribution in [1.29, 1.82) is 0 Å². The van der Waals surface area contributed by atoms with Crippen molar-refractivity contribution in [3.8, 4) is 0 Å². The summed E-state index contributed by atoms with van der Waals surface area (Å²) < 4.78 is 0. The van der Waals surface area contributed by atoms with Gasteiger partial charge in [0.25, 0.3) is 0 Å². The Kier molecular flexibility index (Phi) is 5.02. The molecule has 0 atom stereocenters. The number of nitrogens with one attached hydrogen (secondary N) is 1. The first-order chi connectivity index (χ1) is 3.93. The molecule has 0 fully saturated rings. The van der Waals surface area contributed by atoms with Crippen LogP contribution in [-0.2, 0) is 32.7 Å². The van der Waals surface area contributed by atoms with Gasteiger partial charge in [0, 0.05) is 32.7 Å². The zero-order valence-electron chi connectivity index (χ0n) is 5.09. The van der Waals surface area contributed by atoms with Gasteiger partial charge in [-0.15, -0.1) is 5.69 Å². The number of anilines is 1. The first-order valence-electron chi connectivity index (χ1n) is 2.43. The van der Waals surface area contributed by atoms with Gasteiger partial charge in [0.1, 0.15) is 0 Å². The van der Waals surface area contributed by atoms with Crippen molar-refractivity contribution < 1.29 is 32.7 Å². The van der Waals surface area contributed by atoms with Gasteiger partial charge in [-0.2, -0.15) is 30.3 Å². The molecular weight excluding hydrogens is 187 g/mol. The Morgan fingerprint density at radius 1 is 1.44 bits per heavy atom. The van der Waals surface area contributed by atoms with Gasteiger partial charge >= 0.3 is 0 Å². The normalized spacial score (nSPS) is 7.67. The van der Waals surface area contributed by atoms with Crippen molar-refractivity contribution in [3.63, 3.8) is 0 Å². The second-order valence-corrected chi connectivity index (χ2v) is 1.45. The van der Waals surface area contributed by atoms with Crippen LogP contribution >= 0.6 is 0 Å². The predicted molar refractivity (Wildman–Crippen MR) is 34.3 cm³/mol. The average Bonchev–Trinajstić information content (AvgIpc) is 1.90. The molecule has 1 aromatic rings. The van der Waals surface area contributed by atoms with Crippen LogP contribution in [0.1, 0.15) is 0 Å². The van der Waals surface area contributed by atoms with Gasteiger partial charge in [0.15, 0.2) is 0 Å². The fourth-order valence-electron chi connectivity index (χ4n) is 0.503. The Morgan fingerprint density at radius 2 is 2.22 bits per heavy atom. The van der Waals surface area contributed by atoms with E-state index in [-0.39, 0.29) is 32.7 Å². The van der Waals surface area contributed by atoms with Crippen LogP contribution in [0.5, 0.6) is 0 Å². The summed E-state index contributed by atoms with van der Waals surface area (Å²) in [7, 11) is 3.47. The third-order valence-electron chi connectivity index (χ3n) is 0.900. The van der Waals surface area contributed by atoms with Crippen molar-refractivity contribution in [2.45, 2.75) is 0 Å². The maximum Gasteiger partial charge on any atom is 0 e. The molecule has 0 saturated heterocycles. The molecule has 0 heterocycles. The largest absolute Gasteiger partial charge is 0.558 e. The SMILES string of the molecule is [CH2-]Nc1[c-]cccc1.[Y]. The van der Waals surface area contributed by atoms with Crippen LogP contribution in [-0.4, -0.2) is 0 Å². The van der Waals surface area contributed by atoms with Crippen LogP contribution in [0.4, 0.5) is 5.69 Å². The fourth-order valence-corrected chi connectivity index (χ4v) is 0.503. The summed E-state index contributed by atoms with van der Waals surface area (Å²) in [6.45, 7) is 0. The van der Waals surface area contributed by atoms with E-state index in [1.54, 1.807) is 0 Å². The topological polar surface area (TPSA) is 12.0 Å². The number of para-hydroxylation sites is 1. The van der Waals surface area contributed by atoms with Crippen molar-refractivity contribution in [2.75, 3.05) is 5.32 Å². The zero-order valence-corrected chi connectivity index (χ0v) is 7.93. The summed E-state index contributed by atoms with van der Waals surface area (Å²) in [5.74, 6) is 0. The van der Waals surface area contributed by atoms with Crippen LogP contribution in [0.3, 0.4) is 0 Å². The summed E-state index contributed by atoms with van der Waals surface area (Å²) in [5.41, 5.74) is 0.924. The smallest absolute Gasteiger partial charge is 0 e.